The zero-order chi connectivity index (χ0) is 17.8. The third-order valence-corrected chi connectivity index (χ3v) is 3.22. The predicted octanol–water partition coefficient (Wildman–Crippen LogP) is 2.76. The minimum absolute atomic E-state index is 0.0934. The fourth-order valence-electron chi connectivity index (χ4n) is 2.11. The van der Waals surface area contributed by atoms with Crippen molar-refractivity contribution in [1.29, 1.82) is 0 Å². The number of carbonyl (C=O) groups is 1. The summed E-state index contributed by atoms with van der Waals surface area (Å²) in [6.07, 6.45) is 1.42. The van der Waals surface area contributed by atoms with Crippen molar-refractivity contribution >= 4 is 5.91 Å². The van der Waals surface area contributed by atoms with Gasteiger partial charge in [0.15, 0.2) is 11.5 Å². The second-order valence-electron chi connectivity index (χ2n) is 5.47. The van der Waals surface area contributed by atoms with Crippen LogP contribution in [0.4, 0.5) is 0 Å². The Balaban J connectivity index is 0.00000232. The van der Waals surface area contributed by atoms with Gasteiger partial charge in [0.2, 0.25) is 5.91 Å². The monoisotopic (exact) mass is 324 g/mol. The Kier molecular flexibility index (Phi) is 10.9. The summed E-state index contributed by atoms with van der Waals surface area (Å²) >= 11 is 0. The van der Waals surface area contributed by atoms with Gasteiger partial charge in [0.1, 0.15) is 0 Å². The summed E-state index contributed by atoms with van der Waals surface area (Å²) in [5.74, 6) is 1.71. The Morgan fingerprint density at radius 3 is 2.30 bits per heavy atom. The van der Waals surface area contributed by atoms with Crippen molar-refractivity contribution in [2.24, 2.45) is 11.7 Å². The number of nitrogens with one attached hydrogen (secondary N) is 1. The van der Waals surface area contributed by atoms with Crippen LogP contribution in [0.3, 0.4) is 0 Å². The fourth-order valence-corrected chi connectivity index (χ4v) is 2.11. The first-order valence-electron chi connectivity index (χ1n) is 8.22. The summed E-state index contributed by atoms with van der Waals surface area (Å²) in [7, 11) is 3.21. The van der Waals surface area contributed by atoms with E-state index in [0.717, 1.165) is 12.0 Å². The van der Waals surface area contributed by atoms with Gasteiger partial charge in [0, 0.05) is 6.54 Å². The molecule has 1 amide bonds. The van der Waals surface area contributed by atoms with Crippen LogP contribution >= 0.6 is 0 Å². The lowest BCUT2D eigenvalue weighted by molar-refractivity contribution is -0.122. The molecule has 5 heteroatoms. The second kappa shape index (κ2) is 11.8. The lowest BCUT2D eigenvalue weighted by Gasteiger charge is -2.14. The molecule has 0 bridgehead atoms. The molecule has 23 heavy (non-hydrogen) atoms. The van der Waals surface area contributed by atoms with Crippen LogP contribution in [0, 0.1) is 5.92 Å². The number of ether oxygens (including phenoxy) is 2. The molecule has 0 aromatic heterocycles. The number of rotatable bonds is 8. The largest absolute Gasteiger partial charge is 0.493 e. The molecule has 1 rings (SSSR count). The molecule has 0 radical (unpaired) electrons. The molecule has 0 fully saturated rings. The van der Waals surface area contributed by atoms with Crippen molar-refractivity contribution in [3.05, 3.63) is 23.8 Å². The van der Waals surface area contributed by atoms with E-state index >= 15 is 0 Å². The van der Waals surface area contributed by atoms with E-state index in [1.54, 1.807) is 14.2 Å². The van der Waals surface area contributed by atoms with E-state index in [4.69, 9.17) is 15.2 Å². The van der Waals surface area contributed by atoms with Crippen molar-refractivity contribution in [3.8, 4) is 11.5 Å². The topological polar surface area (TPSA) is 73.6 Å². The van der Waals surface area contributed by atoms with Gasteiger partial charge in [-0.25, -0.2) is 0 Å². The van der Waals surface area contributed by atoms with Gasteiger partial charge in [0.05, 0.1) is 20.3 Å². The molecule has 0 spiro atoms. The van der Waals surface area contributed by atoms with Crippen molar-refractivity contribution in [3.63, 3.8) is 0 Å². The van der Waals surface area contributed by atoms with Crippen molar-refractivity contribution in [2.75, 3.05) is 20.8 Å². The van der Waals surface area contributed by atoms with Gasteiger partial charge in [-0.1, -0.05) is 33.8 Å². The Bertz CT molecular complexity index is 462. The molecule has 132 valence electrons. The van der Waals surface area contributed by atoms with Gasteiger partial charge in [-0.15, -0.1) is 0 Å². The maximum atomic E-state index is 11.8. The van der Waals surface area contributed by atoms with Gasteiger partial charge < -0.3 is 20.5 Å². The lowest BCUT2D eigenvalue weighted by Crippen LogP contribution is -2.42. The highest BCUT2D eigenvalue weighted by atomic mass is 16.5. The first-order chi connectivity index (χ1) is 11.0. The van der Waals surface area contributed by atoms with Gasteiger partial charge in [-0.2, -0.15) is 0 Å². The Labute approximate surface area is 140 Å². The Morgan fingerprint density at radius 2 is 1.78 bits per heavy atom. The molecule has 1 aromatic rings. The summed E-state index contributed by atoms with van der Waals surface area (Å²) < 4.78 is 10.4. The number of hydrogen-bond donors (Lipinski definition) is 2. The van der Waals surface area contributed by atoms with Crippen LogP contribution in [-0.2, 0) is 11.2 Å². The molecule has 0 saturated carbocycles. The number of methoxy groups -OCH3 is 2. The van der Waals surface area contributed by atoms with Crippen LogP contribution in [0.2, 0.25) is 0 Å². The number of nitrogens with two attached hydrogens (primary N) is 1. The quantitative estimate of drug-likeness (QED) is 0.771. The van der Waals surface area contributed by atoms with E-state index in [9.17, 15) is 4.79 Å². The van der Waals surface area contributed by atoms with Crippen LogP contribution in [0.15, 0.2) is 18.2 Å². The molecular weight excluding hydrogens is 292 g/mol. The van der Waals surface area contributed by atoms with E-state index in [1.165, 1.54) is 0 Å². The van der Waals surface area contributed by atoms with Crippen molar-refractivity contribution in [2.45, 2.75) is 46.6 Å². The van der Waals surface area contributed by atoms with Crippen LogP contribution in [0.5, 0.6) is 11.5 Å². The van der Waals surface area contributed by atoms with E-state index in [-0.39, 0.29) is 5.91 Å². The minimum Gasteiger partial charge on any atom is -0.493 e. The third kappa shape index (κ3) is 7.88. The predicted molar refractivity (Wildman–Crippen MR) is 95.0 cm³/mol. The number of carbonyl (C=O) groups excluding carboxylic acids is 1. The molecule has 0 aliphatic heterocycles. The number of benzene rings is 1. The highest BCUT2D eigenvalue weighted by molar-refractivity contribution is 5.81. The first kappa shape index (κ1) is 21.2. The first-order valence-corrected chi connectivity index (χ1v) is 8.22. The smallest absolute Gasteiger partial charge is 0.236 e. The van der Waals surface area contributed by atoms with Crippen molar-refractivity contribution < 1.29 is 14.3 Å². The second-order valence-corrected chi connectivity index (χ2v) is 5.47. The summed E-state index contributed by atoms with van der Waals surface area (Å²) in [5.41, 5.74) is 6.91. The minimum atomic E-state index is -0.435. The van der Waals surface area contributed by atoms with Crippen molar-refractivity contribution in [1.82, 2.24) is 5.32 Å². The molecule has 0 aliphatic rings. The van der Waals surface area contributed by atoms with E-state index < -0.39 is 6.04 Å². The third-order valence-electron chi connectivity index (χ3n) is 3.22. The highest BCUT2D eigenvalue weighted by Crippen LogP contribution is 2.27. The molecule has 5 nitrogen and oxygen atoms in total. The van der Waals surface area contributed by atoms with Crippen LogP contribution in [0.1, 0.15) is 39.7 Å². The lowest BCUT2D eigenvalue weighted by atomic mass is 10.0. The molecule has 1 atom stereocenters. The molecule has 0 saturated heterocycles. The zero-order valence-corrected chi connectivity index (χ0v) is 15.3. The van der Waals surface area contributed by atoms with E-state index in [1.807, 2.05) is 32.0 Å². The number of hydrogen-bond acceptors (Lipinski definition) is 4. The van der Waals surface area contributed by atoms with Crippen LogP contribution in [-0.4, -0.2) is 32.7 Å². The molecule has 0 unspecified atom stereocenters. The van der Waals surface area contributed by atoms with Gasteiger partial charge in [-0.05, 0) is 36.5 Å². The average molecular weight is 324 g/mol. The number of amides is 1. The van der Waals surface area contributed by atoms with Crippen LogP contribution in [0.25, 0.3) is 0 Å². The summed E-state index contributed by atoms with van der Waals surface area (Å²) in [6, 6.07) is 5.30. The molecular formula is C18H32N2O3. The van der Waals surface area contributed by atoms with Crippen LogP contribution < -0.4 is 20.5 Å². The molecule has 3 N–H and O–H groups in total. The molecule has 0 heterocycles. The Morgan fingerprint density at radius 1 is 1.17 bits per heavy atom. The van der Waals surface area contributed by atoms with Gasteiger partial charge in [-0.3, -0.25) is 4.79 Å². The van der Waals surface area contributed by atoms with E-state index in [0.29, 0.717) is 30.4 Å². The van der Waals surface area contributed by atoms with E-state index in [2.05, 4.69) is 19.2 Å². The summed E-state index contributed by atoms with van der Waals surface area (Å²) in [4.78, 5) is 11.8. The SMILES string of the molecule is CC.COc1ccc(CCNC(=O)[C@H](N)CC(C)C)cc1OC. The maximum absolute atomic E-state index is 11.8. The average Bonchev–Trinajstić information content (AvgIpc) is 2.55. The standard InChI is InChI=1S/C16H26N2O3.C2H6/c1-11(2)9-13(17)16(19)18-8-7-12-5-6-14(20-3)15(10-12)21-4;1-2/h5-6,10-11,13H,7-9,17H2,1-4H3,(H,18,19);1-2H3/t13-;/m1./s1. The highest BCUT2D eigenvalue weighted by Gasteiger charge is 2.14. The Hall–Kier alpha value is -1.75. The summed E-state index contributed by atoms with van der Waals surface area (Å²) in [5, 5.41) is 2.87. The fraction of sp³-hybridized carbons (Fsp3) is 0.611. The van der Waals surface area contributed by atoms with Gasteiger partial charge in [0.25, 0.3) is 0 Å². The van der Waals surface area contributed by atoms with Gasteiger partial charge >= 0.3 is 0 Å². The molecule has 1 aromatic carbocycles. The zero-order valence-electron chi connectivity index (χ0n) is 15.3. The normalized spacial score (nSPS) is 11.3. The molecule has 0 aliphatic carbocycles. The summed E-state index contributed by atoms with van der Waals surface area (Å²) in [6.45, 7) is 8.66. The maximum Gasteiger partial charge on any atom is 0.236 e.